The Labute approximate surface area is 87.7 Å². The maximum Gasteiger partial charge on any atom is 0.132 e. The van der Waals surface area contributed by atoms with Gasteiger partial charge in [-0.1, -0.05) is 12.5 Å². The third-order valence-electron chi connectivity index (χ3n) is 3.43. The van der Waals surface area contributed by atoms with Crippen molar-refractivity contribution < 1.29 is 13.9 Å². The highest BCUT2D eigenvalue weighted by Gasteiger charge is 2.42. The second-order valence-electron chi connectivity index (χ2n) is 4.35. The molecule has 0 aliphatic heterocycles. The van der Waals surface area contributed by atoms with E-state index >= 15 is 0 Å². The van der Waals surface area contributed by atoms with E-state index in [0.29, 0.717) is 18.4 Å². The van der Waals surface area contributed by atoms with Crippen molar-refractivity contribution in [3.63, 3.8) is 0 Å². The Hall–Kier alpha value is -0.960. The first-order valence-corrected chi connectivity index (χ1v) is 5.17. The molecule has 82 valence electrons. The van der Waals surface area contributed by atoms with Gasteiger partial charge < -0.3 is 5.11 Å². The summed E-state index contributed by atoms with van der Waals surface area (Å²) in [5.74, 6) is -1.03. The van der Waals surface area contributed by atoms with Crippen LogP contribution in [0.4, 0.5) is 8.78 Å². The lowest BCUT2D eigenvalue weighted by molar-refractivity contribution is 0.112. The van der Waals surface area contributed by atoms with E-state index in [1.54, 1.807) is 6.92 Å². The number of hydrogen-bond acceptors (Lipinski definition) is 1. The van der Waals surface area contributed by atoms with Crippen molar-refractivity contribution >= 4 is 0 Å². The summed E-state index contributed by atoms with van der Waals surface area (Å²) in [7, 11) is 0. The van der Waals surface area contributed by atoms with Crippen LogP contribution in [-0.4, -0.2) is 11.7 Å². The number of aliphatic hydroxyl groups excluding tert-OH is 1. The molecule has 1 aromatic carbocycles. The van der Waals surface area contributed by atoms with Crippen molar-refractivity contribution in [2.45, 2.75) is 31.6 Å². The third kappa shape index (κ3) is 1.46. The molecule has 1 aromatic rings. The summed E-state index contributed by atoms with van der Waals surface area (Å²) in [5, 5.41) is 9.30. The van der Waals surface area contributed by atoms with Gasteiger partial charge in [-0.3, -0.25) is 0 Å². The number of hydrogen-bond donors (Lipinski definition) is 1. The SMILES string of the molecule is Cc1ccc(F)c(C2(CO)CCC2)c1F. The number of halogens is 2. The molecule has 2 rings (SSSR count). The minimum absolute atomic E-state index is 0.0799. The summed E-state index contributed by atoms with van der Waals surface area (Å²) < 4.78 is 27.4. The lowest BCUT2D eigenvalue weighted by atomic mass is 9.64. The maximum atomic E-state index is 13.8. The lowest BCUT2D eigenvalue weighted by Crippen LogP contribution is -2.39. The van der Waals surface area contributed by atoms with Gasteiger partial charge in [-0.25, -0.2) is 8.78 Å². The van der Waals surface area contributed by atoms with E-state index in [1.807, 2.05) is 0 Å². The summed E-state index contributed by atoms with van der Waals surface area (Å²) in [6.45, 7) is 1.44. The average molecular weight is 212 g/mol. The van der Waals surface area contributed by atoms with Gasteiger partial charge in [0.15, 0.2) is 0 Å². The second kappa shape index (κ2) is 3.56. The fourth-order valence-electron chi connectivity index (χ4n) is 2.23. The topological polar surface area (TPSA) is 20.2 Å². The first-order valence-electron chi connectivity index (χ1n) is 5.17. The molecular weight excluding hydrogens is 198 g/mol. The Kier molecular flexibility index (Phi) is 2.51. The highest BCUT2D eigenvalue weighted by molar-refractivity contribution is 5.35. The minimum atomic E-state index is -0.666. The molecule has 1 nitrogen and oxygen atoms in total. The highest BCUT2D eigenvalue weighted by Crippen LogP contribution is 2.45. The molecule has 1 aliphatic rings. The van der Waals surface area contributed by atoms with Crippen molar-refractivity contribution in [1.82, 2.24) is 0 Å². The zero-order valence-corrected chi connectivity index (χ0v) is 8.69. The Morgan fingerprint density at radius 3 is 2.47 bits per heavy atom. The van der Waals surface area contributed by atoms with E-state index in [2.05, 4.69) is 0 Å². The van der Waals surface area contributed by atoms with Crippen LogP contribution in [0.2, 0.25) is 0 Å². The molecule has 0 saturated heterocycles. The van der Waals surface area contributed by atoms with Crippen LogP contribution in [0.3, 0.4) is 0 Å². The van der Waals surface area contributed by atoms with Gasteiger partial charge in [0.25, 0.3) is 0 Å². The molecule has 0 aromatic heterocycles. The summed E-state index contributed by atoms with van der Waals surface area (Å²) in [5.41, 5.74) is -0.150. The van der Waals surface area contributed by atoms with Crippen LogP contribution in [-0.2, 0) is 5.41 Å². The highest BCUT2D eigenvalue weighted by atomic mass is 19.1. The molecule has 0 amide bonds. The van der Waals surface area contributed by atoms with Crippen LogP contribution in [0.1, 0.15) is 30.4 Å². The average Bonchev–Trinajstić information content (AvgIpc) is 2.16. The molecule has 0 radical (unpaired) electrons. The van der Waals surface area contributed by atoms with Gasteiger partial charge >= 0.3 is 0 Å². The zero-order chi connectivity index (χ0) is 11.1. The van der Waals surface area contributed by atoms with Crippen LogP contribution in [0.25, 0.3) is 0 Å². The van der Waals surface area contributed by atoms with Crippen LogP contribution in [0, 0.1) is 18.6 Å². The molecule has 0 heterocycles. The van der Waals surface area contributed by atoms with Crippen LogP contribution in [0.5, 0.6) is 0 Å². The summed E-state index contributed by atoms with van der Waals surface area (Å²) in [6.07, 6.45) is 2.26. The van der Waals surface area contributed by atoms with Crippen molar-refractivity contribution in [2.75, 3.05) is 6.61 Å². The third-order valence-corrected chi connectivity index (χ3v) is 3.43. The molecule has 15 heavy (non-hydrogen) atoms. The van der Waals surface area contributed by atoms with Gasteiger partial charge in [0.05, 0.1) is 6.61 Å². The largest absolute Gasteiger partial charge is 0.395 e. The minimum Gasteiger partial charge on any atom is -0.395 e. The predicted octanol–water partition coefficient (Wildman–Crippen LogP) is 2.69. The maximum absolute atomic E-state index is 13.8. The molecule has 0 bridgehead atoms. The monoisotopic (exact) mass is 212 g/mol. The van der Waals surface area contributed by atoms with Crippen molar-refractivity contribution in [1.29, 1.82) is 0 Å². The molecular formula is C12H14F2O. The van der Waals surface area contributed by atoms with Gasteiger partial charge in [0.1, 0.15) is 11.6 Å². The second-order valence-corrected chi connectivity index (χ2v) is 4.35. The summed E-state index contributed by atoms with van der Waals surface area (Å²) >= 11 is 0. The summed E-state index contributed by atoms with van der Waals surface area (Å²) in [6, 6.07) is 2.71. The molecule has 3 heteroatoms. The first-order chi connectivity index (χ1) is 7.10. The smallest absolute Gasteiger partial charge is 0.132 e. The van der Waals surface area contributed by atoms with Gasteiger partial charge in [-0.15, -0.1) is 0 Å². The number of benzene rings is 1. The lowest BCUT2D eigenvalue weighted by Gasteiger charge is -2.41. The van der Waals surface area contributed by atoms with Crippen LogP contribution >= 0.6 is 0 Å². The Bertz CT molecular complexity index is 378. The Morgan fingerprint density at radius 1 is 1.33 bits per heavy atom. The summed E-state index contributed by atoms with van der Waals surface area (Å²) in [4.78, 5) is 0. The van der Waals surface area contributed by atoms with E-state index in [9.17, 15) is 13.9 Å². The van der Waals surface area contributed by atoms with Crippen LogP contribution in [0.15, 0.2) is 12.1 Å². The fourth-order valence-corrected chi connectivity index (χ4v) is 2.23. The van der Waals surface area contributed by atoms with E-state index < -0.39 is 17.0 Å². The number of aryl methyl sites for hydroxylation is 1. The quantitative estimate of drug-likeness (QED) is 0.799. The first kappa shape index (κ1) is 10.6. The van der Waals surface area contributed by atoms with E-state index in [0.717, 1.165) is 6.42 Å². The predicted molar refractivity (Wildman–Crippen MR) is 53.7 cm³/mol. The molecule has 0 atom stereocenters. The van der Waals surface area contributed by atoms with E-state index in [4.69, 9.17) is 0 Å². The number of rotatable bonds is 2. The molecule has 0 spiro atoms. The Balaban J connectivity index is 2.55. The van der Waals surface area contributed by atoms with Gasteiger partial charge in [-0.05, 0) is 31.4 Å². The molecule has 0 unspecified atom stereocenters. The van der Waals surface area contributed by atoms with Crippen molar-refractivity contribution in [3.8, 4) is 0 Å². The molecule has 1 N–H and O–H groups in total. The van der Waals surface area contributed by atoms with Gasteiger partial charge in [-0.2, -0.15) is 0 Å². The van der Waals surface area contributed by atoms with E-state index in [-0.39, 0.29) is 12.2 Å². The van der Waals surface area contributed by atoms with Gasteiger partial charge in [0, 0.05) is 11.0 Å². The molecule has 1 fully saturated rings. The molecule has 1 aliphatic carbocycles. The van der Waals surface area contributed by atoms with Crippen molar-refractivity contribution in [3.05, 3.63) is 34.9 Å². The van der Waals surface area contributed by atoms with Gasteiger partial charge in [0.2, 0.25) is 0 Å². The van der Waals surface area contributed by atoms with Crippen LogP contribution < -0.4 is 0 Å². The Morgan fingerprint density at radius 2 is 2.00 bits per heavy atom. The van der Waals surface area contributed by atoms with E-state index in [1.165, 1.54) is 12.1 Å². The normalized spacial score (nSPS) is 18.7. The van der Waals surface area contributed by atoms with Crippen molar-refractivity contribution in [2.24, 2.45) is 0 Å². The fraction of sp³-hybridized carbons (Fsp3) is 0.500. The standard InChI is InChI=1S/C12H14F2O/c1-8-3-4-9(13)10(11(8)14)12(7-15)5-2-6-12/h3-4,15H,2,5-7H2,1H3. The zero-order valence-electron chi connectivity index (χ0n) is 8.69. The molecule has 1 saturated carbocycles. The number of aliphatic hydroxyl groups is 1.